The Bertz CT molecular complexity index is 545. The molecule has 0 amide bonds. The van der Waals surface area contributed by atoms with Crippen molar-refractivity contribution >= 4 is 23.3 Å². The topological polar surface area (TPSA) is 61.6 Å². The van der Waals surface area contributed by atoms with Gasteiger partial charge in [0.25, 0.3) is 0 Å². The number of aromatic nitrogens is 2. The van der Waals surface area contributed by atoms with E-state index in [0.29, 0.717) is 11.5 Å². The second-order valence-corrected chi connectivity index (χ2v) is 4.10. The van der Waals surface area contributed by atoms with Crippen molar-refractivity contribution in [1.29, 1.82) is 5.26 Å². The lowest BCUT2D eigenvalue weighted by molar-refractivity contribution is 1.16. The highest BCUT2D eigenvalue weighted by atomic mass is 32.2. The maximum Gasteiger partial charge on any atom is 0.183 e. The van der Waals surface area contributed by atoms with Crippen LogP contribution in [0.2, 0.25) is 0 Å². The van der Waals surface area contributed by atoms with Gasteiger partial charge >= 0.3 is 0 Å². The molecule has 0 aliphatic carbocycles. The van der Waals surface area contributed by atoms with Gasteiger partial charge < -0.3 is 5.32 Å². The summed E-state index contributed by atoms with van der Waals surface area (Å²) in [6, 6.07) is 9.91. The van der Waals surface area contributed by atoms with Gasteiger partial charge in [0.2, 0.25) is 0 Å². The van der Waals surface area contributed by atoms with Crippen LogP contribution in [0.4, 0.5) is 11.5 Å². The number of hydrogen-bond donors (Lipinski definition) is 1. The molecule has 0 radical (unpaired) electrons. The highest BCUT2D eigenvalue weighted by Crippen LogP contribution is 2.20. The molecule has 84 valence electrons. The summed E-state index contributed by atoms with van der Waals surface area (Å²) < 4.78 is 0. The zero-order valence-corrected chi connectivity index (χ0v) is 10.0. The molecule has 0 unspecified atom stereocenters. The van der Waals surface area contributed by atoms with E-state index in [9.17, 15) is 0 Å². The zero-order valence-electron chi connectivity index (χ0n) is 9.21. The molecule has 2 rings (SSSR count). The Kier molecular flexibility index (Phi) is 3.58. The van der Waals surface area contributed by atoms with Gasteiger partial charge in [-0.25, -0.2) is 9.97 Å². The third kappa shape index (κ3) is 2.74. The molecule has 1 aromatic carbocycles. The van der Waals surface area contributed by atoms with Gasteiger partial charge in [0.15, 0.2) is 11.5 Å². The predicted molar refractivity (Wildman–Crippen MR) is 68.3 cm³/mol. The summed E-state index contributed by atoms with van der Waals surface area (Å²) in [6.45, 7) is 0. The largest absolute Gasteiger partial charge is 0.338 e. The van der Waals surface area contributed by atoms with E-state index in [0.717, 1.165) is 5.69 Å². The molecule has 0 aliphatic rings. The molecule has 0 saturated carbocycles. The lowest BCUT2D eigenvalue weighted by Gasteiger charge is -2.06. The Morgan fingerprint density at radius 2 is 1.88 bits per heavy atom. The lowest BCUT2D eigenvalue weighted by Crippen LogP contribution is -1.98. The van der Waals surface area contributed by atoms with E-state index in [1.54, 1.807) is 18.0 Å². The molecular weight excluding hydrogens is 232 g/mol. The normalized spacial score (nSPS) is 9.65. The highest BCUT2D eigenvalue weighted by Gasteiger charge is 2.03. The van der Waals surface area contributed by atoms with E-state index in [-0.39, 0.29) is 0 Å². The number of thioether (sulfide) groups is 1. The number of rotatable bonds is 3. The summed E-state index contributed by atoms with van der Waals surface area (Å²) in [6.07, 6.45) is 5.08. The van der Waals surface area contributed by atoms with Crippen LogP contribution in [0.3, 0.4) is 0 Å². The first-order chi connectivity index (χ1) is 8.33. The van der Waals surface area contributed by atoms with Gasteiger partial charge in [0, 0.05) is 23.0 Å². The van der Waals surface area contributed by atoms with E-state index in [1.165, 1.54) is 11.1 Å². The summed E-state index contributed by atoms with van der Waals surface area (Å²) in [7, 11) is 0. The van der Waals surface area contributed by atoms with Crippen molar-refractivity contribution in [2.45, 2.75) is 4.90 Å². The maximum absolute atomic E-state index is 8.88. The number of nitriles is 1. The minimum atomic E-state index is 0.293. The fraction of sp³-hybridized carbons (Fsp3) is 0.0833. The lowest BCUT2D eigenvalue weighted by atomic mass is 10.3. The van der Waals surface area contributed by atoms with Crippen molar-refractivity contribution < 1.29 is 0 Å². The fourth-order valence-electron chi connectivity index (χ4n) is 1.32. The number of nitrogens with zero attached hydrogens (tertiary/aromatic N) is 3. The SMILES string of the molecule is CSc1ccc(Nc2nccnc2C#N)cc1. The van der Waals surface area contributed by atoms with E-state index in [1.807, 2.05) is 36.6 Å². The molecule has 5 heteroatoms. The summed E-state index contributed by atoms with van der Waals surface area (Å²) >= 11 is 1.68. The van der Waals surface area contributed by atoms with Gasteiger partial charge in [-0.05, 0) is 30.5 Å². The smallest absolute Gasteiger partial charge is 0.183 e. The summed E-state index contributed by atoms with van der Waals surface area (Å²) in [5.74, 6) is 0.479. The highest BCUT2D eigenvalue weighted by molar-refractivity contribution is 7.98. The second-order valence-electron chi connectivity index (χ2n) is 3.22. The van der Waals surface area contributed by atoms with Crippen LogP contribution in [0.15, 0.2) is 41.6 Å². The molecular formula is C12H10N4S. The monoisotopic (exact) mass is 242 g/mol. The number of benzene rings is 1. The molecule has 0 fully saturated rings. The third-order valence-corrected chi connectivity index (χ3v) is 2.90. The van der Waals surface area contributed by atoms with Crippen molar-refractivity contribution in [3.05, 3.63) is 42.4 Å². The van der Waals surface area contributed by atoms with Crippen molar-refractivity contribution in [3.8, 4) is 6.07 Å². The molecule has 0 saturated heterocycles. The second kappa shape index (κ2) is 5.32. The van der Waals surface area contributed by atoms with Crippen molar-refractivity contribution in [3.63, 3.8) is 0 Å². The average Bonchev–Trinajstić information content (AvgIpc) is 2.40. The van der Waals surface area contributed by atoms with E-state index in [2.05, 4.69) is 15.3 Å². The van der Waals surface area contributed by atoms with Crippen molar-refractivity contribution in [1.82, 2.24) is 9.97 Å². The number of nitrogens with one attached hydrogen (secondary N) is 1. The van der Waals surface area contributed by atoms with Crippen LogP contribution in [-0.4, -0.2) is 16.2 Å². The Hall–Kier alpha value is -2.06. The molecule has 17 heavy (non-hydrogen) atoms. The Morgan fingerprint density at radius 3 is 2.53 bits per heavy atom. The van der Waals surface area contributed by atoms with Gasteiger partial charge in [-0.2, -0.15) is 5.26 Å². The van der Waals surface area contributed by atoms with Gasteiger partial charge in [-0.3, -0.25) is 0 Å². The quantitative estimate of drug-likeness (QED) is 0.838. The number of hydrogen-bond acceptors (Lipinski definition) is 5. The minimum Gasteiger partial charge on any atom is -0.338 e. The van der Waals surface area contributed by atoms with Crippen LogP contribution in [0.5, 0.6) is 0 Å². The Labute approximate surface area is 104 Å². The molecule has 0 bridgehead atoms. The van der Waals surface area contributed by atoms with Gasteiger partial charge in [-0.15, -0.1) is 11.8 Å². The van der Waals surface area contributed by atoms with Gasteiger partial charge in [-0.1, -0.05) is 0 Å². The molecule has 2 aromatic rings. The molecule has 0 spiro atoms. The van der Waals surface area contributed by atoms with Crippen molar-refractivity contribution in [2.75, 3.05) is 11.6 Å². The molecule has 0 aliphatic heterocycles. The van der Waals surface area contributed by atoms with Gasteiger partial charge in [0.1, 0.15) is 6.07 Å². The minimum absolute atomic E-state index is 0.293. The van der Waals surface area contributed by atoms with Crippen LogP contribution in [0, 0.1) is 11.3 Å². The maximum atomic E-state index is 8.88. The van der Waals surface area contributed by atoms with Crippen LogP contribution in [0.25, 0.3) is 0 Å². The molecule has 1 heterocycles. The molecule has 4 nitrogen and oxygen atoms in total. The molecule has 0 atom stereocenters. The first-order valence-corrected chi connectivity index (χ1v) is 6.18. The van der Waals surface area contributed by atoms with Crippen LogP contribution < -0.4 is 5.32 Å². The Balaban J connectivity index is 2.23. The Morgan fingerprint density at radius 1 is 1.18 bits per heavy atom. The van der Waals surface area contributed by atoms with Crippen LogP contribution in [0.1, 0.15) is 5.69 Å². The van der Waals surface area contributed by atoms with Gasteiger partial charge in [0.05, 0.1) is 0 Å². The van der Waals surface area contributed by atoms with E-state index < -0.39 is 0 Å². The van der Waals surface area contributed by atoms with E-state index >= 15 is 0 Å². The summed E-state index contributed by atoms with van der Waals surface area (Å²) in [4.78, 5) is 9.21. The summed E-state index contributed by atoms with van der Waals surface area (Å²) in [5, 5.41) is 12.0. The van der Waals surface area contributed by atoms with Crippen molar-refractivity contribution in [2.24, 2.45) is 0 Å². The molecule has 1 N–H and O–H groups in total. The van der Waals surface area contributed by atoms with E-state index in [4.69, 9.17) is 5.26 Å². The predicted octanol–water partition coefficient (Wildman–Crippen LogP) is 2.81. The van der Waals surface area contributed by atoms with Crippen LogP contribution in [-0.2, 0) is 0 Å². The molecule has 1 aromatic heterocycles. The third-order valence-electron chi connectivity index (χ3n) is 2.16. The fourth-order valence-corrected chi connectivity index (χ4v) is 1.73. The van der Waals surface area contributed by atoms with Crippen LogP contribution >= 0.6 is 11.8 Å². The first-order valence-electron chi connectivity index (χ1n) is 4.95. The zero-order chi connectivity index (χ0) is 12.1. The standard InChI is InChI=1S/C12H10N4S/c1-17-10-4-2-9(3-5-10)16-12-11(8-13)14-6-7-15-12/h2-7H,1H3,(H,15,16). The summed E-state index contributed by atoms with van der Waals surface area (Å²) in [5.41, 5.74) is 1.18. The number of anilines is 2. The first kappa shape index (κ1) is 11.4. The average molecular weight is 242 g/mol.